The molecule has 1 N–H and O–H groups in total. The quantitative estimate of drug-likeness (QED) is 0.408. The minimum atomic E-state index is -0.124. The first-order chi connectivity index (χ1) is 18.7. The highest BCUT2D eigenvalue weighted by atomic mass is 35.5. The number of anilines is 2. The molecule has 10 heteroatoms. The van der Waals surface area contributed by atoms with E-state index in [1.807, 2.05) is 25.3 Å². The Hall–Kier alpha value is -2.22. The molecule has 5 rings (SSSR count). The normalized spacial score (nSPS) is 24.9. The number of piperidine rings is 1. The first kappa shape index (κ1) is 29.8. The van der Waals surface area contributed by atoms with Crippen molar-refractivity contribution in [3.8, 4) is 0 Å². The summed E-state index contributed by atoms with van der Waals surface area (Å²) in [5, 5.41) is 4.83. The van der Waals surface area contributed by atoms with Crippen LogP contribution >= 0.6 is 23.2 Å². The molecule has 0 amide bonds. The molecule has 1 saturated carbocycles. The molecule has 1 aromatic carbocycles. The number of rotatable bonds is 8. The fourth-order valence-corrected chi connectivity index (χ4v) is 6.67. The van der Waals surface area contributed by atoms with Gasteiger partial charge in [-0.15, -0.1) is 0 Å². The molecule has 39 heavy (non-hydrogen) atoms. The fraction of sp³-hybridized carbons (Fsp3) is 0.621. The lowest BCUT2D eigenvalue weighted by atomic mass is 9.76. The van der Waals surface area contributed by atoms with Crippen LogP contribution in [0.25, 0.3) is 0 Å². The monoisotopic (exact) mass is 575 g/mol. The molecule has 8 nitrogen and oxygen atoms in total. The Morgan fingerprint density at radius 1 is 1.10 bits per heavy atom. The molecule has 3 atom stereocenters. The second-order valence-corrected chi connectivity index (χ2v) is 12.1. The highest BCUT2D eigenvalue weighted by Gasteiger charge is 2.40. The van der Waals surface area contributed by atoms with Crippen LogP contribution in [-0.4, -0.2) is 60.4 Å². The van der Waals surface area contributed by atoms with Crippen LogP contribution < -0.4 is 10.2 Å². The number of benzene rings is 1. The standard InChI is InChI=1S/C28H39Cl2N5O.CO2/c1-17-10-23(11-17)34-9-5-6-20(14-34)21-15-35(16-21)28-31-13-25(19(3)36-4)27(33-28)32-18(2)24-8-7-22(29)12-26(24)30;2-1-3/h7-8,12-13,17-21,23H,5-6,9-11,14-16H2,1-4H3,(H,31,32,33);/t17?,18-,19?,20+,23?;/m1./s1. The lowest BCUT2D eigenvalue weighted by molar-refractivity contribution is -0.191. The Morgan fingerprint density at radius 3 is 2.46 bits per heavy atom. The summed E-state index contributed by atoms with van der Waals surface area (Å²) in [7, 11) is 1.71. The van der Waals surface area contributed by atoms with Gasteiger partial charge in [0.15, 0.2) is 0 Å². The third-order valence-corrected chi connectivity index (χ3v) is 9.15. The SMILES string of the molecule is COC(C)c1cnc(N2CC([C@H]3CCCN(C4CC(C)C4)C3)C2)nc1N[C@H](C)c1ccc(Cl)cc1Cl.O=C=O. The maximum absolute atomic E-state index is 8.12. The van der Waals surface area contributed by atoms with E-state index in [2.05, 4.69) is 29.0 Å². The summed E-state index contributed by atoms with van der Waals surface area (Å²) in [6.07, 6.45) is 7.50. The summed E-state index contributed by atoms with van der Waals surface area (Å²) >= 11 is 12.6. The summed E-state index contributed by atoms with van der Waals surface area (Å²) in [5.74, 6) is 4.02. The van der Waals surface area contributed by atoms with Crippen molar-refractivity contribution in [3.63, 3.8) is 0 Å². The van der Waals surface area contributed by atoms with Crippen molar-refractivity contribution < 1.29 is 14.3 Å². The van der Waals surface area contributed by atoms with E-state index in [0.29, 0.717) is 10.0 Å². The van der Waals surface area contributed by atoms with E-state index in [4.69, 9.17) is 47.5 Å². The van der Waals surface area contributed by atoms with E-state index in [0.717, 1.165) is 59.8 Å². The van der Waals surface area contributed by atoms with Crippen LogP contribution in [0.3, 0.4) is 0 Å². The van der Waals surface area contributed by atoms with Gasteiger partial charge in [-0.1, -0.05) is 36.2 Å². The zero-order valence-corrected chi connectivity index (χ0v) is 24.7. The van der Waals surface area contributed by atoms with Crippen molar-refractivity contribution in [1.82, 2.24) is 14.9 Å². The average Bonchev–Trinajstić information content (AvgIpc) is 2.86. The molecule has 1 aliphatic carbocycles. The van der Waals surface area contributed by atoms with Crippen LogP contribution in [0.15, 0.2) is 24.4 Å². The topological polar surface area (TPSA) is 87.7 Å². The number of nitrogens with zero attached hydrogens (tertiary/aromatic N) is 4. The fourth-order valence-electron chi connectivity index (χ4n) is 6.10. The minimum Gasteiger partial charge on any atom is -0.377 e. The zero-order valence-electron chi connectivity index (χ0n) is 23.2. The molecule has 0 radical (unpaired) electrons. The van der Waals surface area contributed by atoms with Gasteiger partial charge in [-0.05, 0) is 81.5 Å². The van der Waals surface area contributed by atoms with Crippen LogP contribution in [0, 0.1) is 17.8 Å². The molecule has 3 aliphatic rings. The van der Waals surface area contributed by atoms with Gasteiger partial charge in [0, 0.05) is 54.6 Å². The van der Waals surface area contributed by atoms with Crippen LogP contribution in [0.4, 0.5) is 11.8 Å². The van der Waals surface area contributed by atoms with Crippen LogP contribution in [-0.2, 0) is 14.3 Å². The van der Waals surface area contributed by atoms with E-state index in [-0.39, 0.29) is 18.3 Å². The lowest BCUT2D eigenvalue weighted by Gasteiger charge is -2.50. The van der Waals surface area contributed by atoms with Gasteiger partial charge >= 0.3 is 6.15 Å². The molecule has 212 valence electrons. The number of carbonyl (C=O) groups excluding carboxylic acids is 2. The number of ether oxygens (including phenoxy) is 1. The highest BCUT2D eigenvalue weighted by Crippen LogP contribution is 2.38. The van der Waals surface area contributed by atoms with Crippen molar-refractivity contribution >= 4 is 41.1 Å². The van der Waals surface area contributed by atoms with Crippen molar-refractivity contribution in [1.29, 1.82) is 0 Å². The second kappa shape index (κ2) is 13.4. The molecule has 2 aliphatic heterocycles. The van der Waals surface area contributed by atoms with Crippen molar-refractivity contribution in [2.45, 2.75) is 64.6 Å². The molecule has 0 spiro atoms. The second-order valence-electron chi connectivity index (χ2n) is 11.3. The Bertz CT molecular complexity index is 1150. The lowest BCUT2D eigenvalue weighted by Crippen LogP contribution is -2.56. The van der Waals surface area contributed by atoms with Crippen LogP contribution in [0.2, 0.25) is 10.0 Å². The minimum absolute atomic E-state index is 0.0492. The smallest absolute Gasteiger partial charge is 0.373 e. The predicted molar refractivity (Wildman–Crippen MR) is 153 cm³/mol. The number of methoxy groups -OCH3 is 1. The Labute approximate surface area is 241 Å². The number of hydrogen-bond acceptors (Lipinski definition) is 8. The third kappa shape index (κ3) is 7.11. The van der Waals surface area contributed by atoms with Crippen LogP contribution in [0.1, 0.15) is 69.7 Å². The Kier molecular flexibility index (Phi) is 10.2. The van der Waals surface area contributed by atoms with E-state index < -0.39 is 0 Å². The van der Waals surface area contributed by atoms with E-state index >= 15 is 0 Å². The Morgan fingerprint density at radius 2 is 1.82 bits per heavy atom. The van der Waals surface area contributed by atoms with Gasteiger partial charge in [0.05, 0.1) is 12.1 Å². The van der Waals surface area contributed by atoms with E-state index in [1.54, 1.807) is 13.2 Å². The third-order valence-electron chi connectivity index (χ3n) is 8.59. The average molecular weight is 577 g/mol. The molecule has 2 saturated heterocycles. The predicted octanol–water partition coefficient (Wildman–Crippen LogP) is 6.03. The summed E-state index contributed by atoms with van der Waals surface area (Å²) in [6, 6.07) is 6.39. The number of aromatic nitrogens is 2. The van der Waals surface area contributed by atoms with E-state index in [9.17, 15) is 0 Å². The molecule has 3 fully saturated rings. The Balaban J connectivity index is 0.00000112. The van der Waals surface area contributed by atoms with Crippen molar-refractivity contribution in [2.75, 3.05) is 43.5 Å². The molecule has 3 heterocycles. The molecule has 1 unspecified atom stereocenters. The van der Waals surface area contributed by atoms with Gasteiger partial charge in [-0.25, -0.2) is 4.98 Å². The number of hydrogen-bond donors (Lipinski definition) is 1. The first-order valence-corrected chi connectivity index (χ1v) is 14.6. The van der Waals surface area contributed by atoms with Gasteiger partial charge in [-0.2, -0.15) is 14.6 Å². The summed E-state index contributed by atoms with van der Waals surface area (Å²) in [6.45, 7) is 11.1. The van der Waals surface area contributed by atoms with Gasteiger partial charge in [0.25, 0.3) is 0 Å². The van der Waals surface area contributed by atoms with Crippen LogP contribution in [0.5, 0.6) is 0 Å². The summed E-state index contributed by atoms with van der Waals surface area (Å²) in [4.78, 5) is 31.1. The summed E-state index contributed by atoms with van der Waals surface area (Å²) in [5.41, 5.74) is 1.91. The molecular weight excluding hydrogens is 537 g/mol. The van der Waals surface area contributed by atoms with Gasteiger partial charge in [0.2, 0.25) is 5.95 Å². The van der Waals surface area contributed by atoms with Crippen molar-refractivity contribution in [2.24, 2.45) is 17.8 Å². The summed E-state index contributed by atoms with van der Waals surface area (Å²) < 4.78 is 5.61. The molecule has 1 aromatic heterocycles. The van der Waals surface area contributed by atoms with Gasteiger partial charge in [-0.3, -0.25) is 0 Å². The van der Waals surface area contributed by atoms with Crippen molar-refractivity contribution in [3.05, 3.63) is 45.6 Å². The number of likely N-dealkylation sites (tertiary alicyclic amines) is 1. The highest BCUT2D eigenvalue weighted by molar-refractivity contribution is 6.35. The van der Waals surface area contributed by atoms with E-state index in [1.165, 1.54) is 38.8 Å². The number of halogens is 2. The molecular formula is C29H39Cl2N5O3. The van der Waals surface area contributed by atoms with Gasteiger partial charge in [0.1, 0.15) is 5.82 Å². The van der Waals surface area contributed by atoms with Gasteiger partial charge < -0.3 is 19.9 Å². The molecule has 0 bridgehead atoms. The number of nitrogens with one attached hydrogen (secondary N) is 1. The first-order valence-electron chi connectivity index (χ1n) is 13.8. The maximum atomic E-state index is 8.12. The largest absolute Gasteiger partial charge is 0.377 e. The zero-order chi connectivity index (χ0) is 28.1. The maximum Gasteiger partial charge on any atom is 0.373 e. The molecule has 2 aromatic rings.